The molecule has 1 fully saturated rings. The van der Waals surface area contributed by atoms with Gasteiger partial charge < -0.3 is 9.64 Å². The van der Waals surface area contributed by atoms with Gasteiger partial charge in [0.25, 0.3) is 0 Å². The molecule has 1 unspecified atom stereocenters. The molecule has 0 radical (unpaired) electrons. The largest absolute Gasteiger partial charge is 0.377 e. The topological polar surface area (TPSA) is 60.2 Å². The van der Waals surface area contributed by atoms with Crippen LogP contribution in [0.4, 0.5) is 0 Å². The van der Waals surface area contributed by atoms with Gasteiger partial charge in [-0.1, -0.05) is 18.2 Å². The van der Waals surface area contributed by atoms with E-state index >= 15 is 0 Å². The highest BCUT2D eigenvalue weighted by Gasteiger charge is 2.32. The third kappa shape index (κ3) is 4.07. The van der Waals surface area contributed by atoms with Gasteiger partial charge in [0.05, 0.1) is 30.6 Å². The fourth-order valence-electron chi connectivity index (χ4n) is 4.04. The number of aromatic nitrogens is 3. The van der Waals surface area contributed by atoms with E-state index in [0.29, 0.717) is 32.6 Å². The van der Waals surface area contributed by atoms with Crippen LogP contribution in [-0.4, -0.2) is 45.3 Å². The van der Waals surface area contributed by atoms with Crippen LogP contribution >= 0.6 is 0 Å². The summed E-state index contributed by atoms with van der Waals surface area (Å²) < 4.78 is 7.72. The average Bonchev–Trinajstić information content (AvgIpc) is 3.07. The highest BCUT2D eigenvalue weighted by Crippen LogP contribution is 2.31. The molecule has 3 heterocycles. The summed E-state index contributed by atoms with van der Waals surface area (Å²) in [7, 11) is 0. The molecular formula is C23H26N4O2. The van der Waals surface area contributed by atoms with Crippen molar-refractivity contribution in [2.75, 3.05) is 19.8 Å². The van der Waals surface area contributed by atoms with Crippen molar-refractivity contribution < 1.29 is 9.53 Å². The third-order valence-corrected chi connectivity index (χ3v) is 5.51. The molecule has 1 atom stereocenters. The highest BCUT2D eigenvalue weighted by molar-refractivity contribution is 5.77. The summed E-state index contributed by atoms with van der Waals surface area (Å²) in [4.78, 5) is 19.1. The fourth-order valence-corrected chi connectivity index (χ4v) is 4.04. The van der Waals surface area contributed by atoms with Crippen molar-refractivity contribution in [2.45, 2.75) is 32.7 Å². The highest BCUT2D eigenvalue weighted by atomic mass is 16.5. The molecule has 1 aromatic carbocycles. The van der Waals surface area contributed by atoms with Crippen LogP contribution in [0.1, 0.15) is 35.0 Å². The Labute approximate surface area is 171 Å². The normalized spacial score (nSPS) is 16.8. The number of hydrogen-bond acceptors (Lipinski definition) is 4. The second kappa shape index (κ2) is 8.57. The van der Waals surface area contributed by atoms with Crippen LogP contribution in [0.2, 0.25) is 0 Å². The molecule has 0 aliphatic carbocycles. The second-order valence-corrected chi connectivity index (χ2v) is 7.37. The van der Waals surface area contributed by atoms with Gasteiger partial charge in [-0.25, -0.2) is 4.68 Å². The van der Waals surface area contributed by atoms with Gasteiger partial charge in [0.1, 0.15) is 0 Å². The van der Waals surface area contributed by atoms with Crippen LogP contribution in [0.5, 0.6) is 0 Å². The molecule has 0 bridgehead atoms. The Morgan fingerprint density at radius 3 is 2.66 bits per heavy atom. The van der Waals surface area contributed by atoms with Crippen molar-refractivity contribution in [1.82, 2.24) is 19.7 Å². The minimum absolute atomic E-state index is 0.105. The molecule has 29 heavy (non-hydrogen) atoms. The lowest BCUT2D eigenvalue weighted by molar-refractivity contribution is -0.140. The lowest BCUT2D eigenvalue weighted by atomic mass is 10.0. The summed E-state index contributed by atoms with van der Waals surface area (Å²) >= 11 is 0. The lowest BCUT2D eigenvalue weighted by Gasteiger charge is -2.36. The van der Waals surface area contributed by atoms with Gasteiger partial charge in [0, 0.05) is 36.6 Å². The Kier molecular flexibility index (Phi) is 5.71. The van der Waals surface area contributed by atoms with E-state index in [1.807, 2.05) is 59.0 Å². The van der Waals surface area contributed by atoms with Crippen LogP contribution in [-0.2, 0) is 16.0 Å². The number of amides is 1. The van der Waals surface area contributed by atoms with E-state index in [2.05, 4.69) is 11.9 Å². The van der Waals surface area contributed by atoms with E-state index in [0.717, 1.165) is 28.2 Å². The number of benzene rings is 1. The first-order valence-electron chi connectivity index (χ1n) is 10.0. The summed E-state index contributed by atoms with van der Waals surface area (Å²) in [5.74, 6) is 0.154. The molecule has 1 saturated heterocycles. The van der Waals surface area contributed by atoms with Crippen LogP contribution in [0, 0.1) is 13.8 Å². The number of nitrogens with zero attached hydrogens (tertiary/aromatic N) is 4. The number of morpholine rings is 1. The molecule has 2 aromatic heterocycles. The summed E-state index contributed by atoms with van der Waals surface area (Å²) in [6.45, 7) is 5.76. The number of carbonyl (C=O) groups excluding carboxylic acids is 1. The van der Waals surface area contributed by atoms with Crippen LogP contribution in [0.25, 0.3) is 5.69 Å². The van der Waals surface area contributed by atoms with Crippen LogP contribution in [0.3, 0.4) is 0 Å². The predicted octanol–water partition coefficient (Wildman–Crippen LogP) is 3.42. The number of rotatable bonds is 5. The first-order valence-corrected chi connectivity index (χ1v) is 10.0. The summed E-state index contributed by atoms with van der Waals surface area (Å²) in [5, 5.41) is 4.76. The smallest absolute Gasteiger partial charge is 0.223 e. The maximum Gasteiger partial charge on any atom is 0.223 e. The van der Waals surface area contributed by atoms with Gasteiger partial charge in [-0.3, -0.25) is 9.78 Å². The van der Waals surface area contributed by atoms with E-state index in [4.69, 9.17) is 9.84 Å². The Morgan fingerprint density at radius 2 is 1.90 bits per heavy atom. The Bertz CT molecular complexity index is 969. The van der Waals surface area contributed by atoms with Gasteiger partial charge in [0.15, 0.2) is 0 Å². The predicted molar refractivity (Wildman–Crippen MR) is 111 cm³/mol. The quantitative estimate of drug-likeness (QED) is 0.670. The molecule has 6 heteroatoms. The number of carbonyl (C=O) groups is 1. The van der Waals surface area contributed by atoms with Crippen molar-refractivity contribution >= 4 is 5.91 Å². The van der Waals surface area contributed by atoms with Crippen molar-refractivity contribution in [3.63, 3.8) is 0 Å². The molecule has 4 rings (SSSR count). The Morgan fingerprint density at radius 1 is 1.14 bits per heavy atom. The standard InChI is InChI=1S/C23H26N4O2/c1-17-23(18(2)27(25-17)20-6-4-3-5-7-20)21-16-29-15-14-26(21)22(28)9-8-19-10-12-24-13-11-19/h3-7,10-13,21H,8-9,14-16H2,1-2H3. The van der Waals surface area contributed by atoms with Gasteiger partial charge >= 0.3 is 0 Å². The zero-order chi connectivity index (χ0) is 20.2. The van der Waals surface area contributed by atoms with Crippen molar-refractivity contribution in [2.24, 2.45) is 0 Å². The molecule has 1 aliphatic rings. The maximum atomic E-state index is 13.1. The van der Waals surface area contributed by atoms with Gasteiger partial charge in [-0.2, -0.15) is 5.10 Å². The molecule has 1 aliphatic heterocycles. The summed E-state index contributed by atoms with van der Waals surface area (Å²) in [5.41, 5.74) is 5.23. The summed E-state index contributed by atoms with van der Waals surface area (Å²) in [6.07, 6.45) is 4.72. The van der Waals surface area contributed by atoms with Crippen LogP contribution < -0.4 is 0 Å². The minimum atomic E-state index is -0.105. The molecule has 0 spiro atoms. The maximum absolute atomic E-state index is 13.1. The molecule has 150 valence electrons. The Balaban J connectivity index is 1.58. The zero-order valence-corrected chi connectivity index (χ0v) is 16.9. The Hall–Kier alpha value is -2.99. The third-order valence-electron chi connectivity index (χ3n) is 5.51. The number of hydrogen-bond donors (Lipinski definition) is 0. The second-order valence-electron chi connectivity index (χ2n) is 7.37. The lowest BCUT2D eigenvalue weighted by Crippen LogP contribution is -2.43. The van der Waals surface area contributed by atoms with E-state index in [1.54, 1.807) is 12.4 Å². The fraction of sp³-hybridized carbons (Fsp3) is 0.348. The van der Waals surface area contributed by atoms with Crippen molar-refractivity contribution in [3.8, 4) is 5.69 Å². The van der Waals surface area contributed by atoms with Crippen molar-refractivity contribution in [3.05, 3.63) is 77.4 Å². The number of ether oxygens (including phenoxy) is 1. The molecule has 3 aromatic rings. The number of para-hydroxylation sites is 1. The van der Waals surface area contributed by atoms with E-state index in [-0.39, 0.29) is 11.9 Å². The summed E-state index contributed by atoms with van der Waals surface area (Å²) in [6, 6.07) is 13.9. The van der Waals surface area contributed by atoms with E-state index in [1.165, 1.54) is 0 Å². The monoisotopic (exact) mass is 390 g/mol. The van der Waals surface area contributed by atoms with Gasteiger partial charge in [-0.05, 0) is 50.1 Å². The number of aryl methyl sites for hydroxylation is 2. The SMILES string of the molecule is Cc1nn(-c2ccccc2)c(C)c1C1COCCN1C(=O)CCc1ccncc1. The van der Waals surface area contributed by atoms with E-state index < -0.39 is 0 Å². The molecule has 0 N–H and O–H groups in total. The molecule has 1 amide bonds. The van der Waals surface area contributed by atoms with E-state index in [9.17, 15) is 4.79 Å². The zero-order valence-electron chi connectivity index (χ0n) is 16.9. The van der Waals surface area contributed by atoms with Crippen molar-refractivity contribution in [1.29, 1.82) is 0 Å². The first-order chi connectivity index (χ1) is 14.1. The molecule has 6 nitrogen and oxygen atoms in total. The van der Waals surface area contributed by atoms with Gasteiger partial charge in [-0.15, -0.1) is 0 Å². The van der Waals surface area contributed by atoms with Crippen LogP contribution in [0.15, 0.2) is 54.9 Å². The first kappa shape index (κ1) is 19.3. The number of pyridine rings is 1. The van der Waals surface area contributed by atoms with Gasteiger partial charge in [0.2, 0.25) is 5.91 Å². The minimum Gasteiger partial charge on any atom is -0.377 e. The average molecular weight is 390 g/mol. The molecule has 0 saturated carbocycles. The molecular weight excluding hydrogens is 364 g/mol.